The Bertz CT molecular complexity index is 710. The molecule has 0 amide bonds. The molecule has 0 aromatic carbocycles. The van der Waals surface area contributed by atoms with Crippen molar-refractivity contribution in [2.45, 2.75) is 51.4 Å². The number of aryl methyl sites for hydroxylation is 3. The van der Waals surface area contributed by atoms with E-state index >= 15 is 0 Å². The second-order valence-electron chi connectivity index (χ2n) is 6.29. The summed E-state index contributed by atoms with van der Waals surface area (Å²) in [4.78, 5) is 24.5. The van der Waals surface area contributed by atoms with Gasteiger partial charge in [-0.15, -0.1) is 0 Å². The molecule has 0 atom stereocenters. The number of rotatable bonds is 7. The first kappa shape index (κ1) is 16.5. The van der Waals surface area contributed by atoms with E-state index in [0.29, 0.717) is 6.42 Å². The quantitative estimate of drug-likeness (QED) is 0.576. The normalized spacial score (nSPS) is 13.8. The summed E-state index contributed by atoms with van der Waals surface area (Å²) in [5.41, 5.74) is 4.74. The molecule has 3 rings (SSSR count). The minimum Gasteiger partial charge on any atom is -0.295 e. The first-order valence-electron chi connectivity index (χ1n) is 8.75. The molecule has 0 fully saturated rings. The summed E-state index contributed by atoms with van der Waals surface area (Å²) in [5.74, 6) is 0.150. The van der Waals surface area contributed by atoms with Crippen LogP contribution in [0.25, 0.3) is 6.08 Å². The SMILES string of the molecule is O=C(/C=C/c1cncnc1)CCCCc1ccc2c(n1)CCCC2. The van der Waals surface area contributed by atoms with Gasteiger partial charge < -0.3 is 0 Å². The molecule has 0 unspecified atom stereocenters. The van der Waals surface area contributed by atoms with Crippen LogP contribution in [0.5, 0.6) is 0 Å². The molecule has 24 heavy (non-hydrogen) atoms. The van der Waals surface area contributed by atoms with Crippen LogP contribution in [0, 0.1) is 0 Å². The van der Waals surface area contributed by atoms with Crippen LogP contribution in [0.3, 0.4) is 0 Å². The number of allylic oxidation sites excluding steroid dienone is 1. The van der Waals surface area contributed by atoms with Crippen LogP contribution in [0.15, 0.2) is 36.9 Å². The molecule has 0 bridgehead atoms. The van der Waals surface area contributed by atoms with Gasteiger partial charge in [-0.2, -0.15) is 0 Å². The van der Waals surface area contributed by atoms with Gasteiger partial charge in [-0.25, -0.2) is 9.97 Å². The second kappa shape index (κ2) is 8.48. The lowest BCUT2D eigenvalue weighted by Gasteiger charge is -2.15. The van der Waals surface area contributed by atoms with E-state index in [-0.39, 0.29) is 5.78 Å². The zero-order chi connectivity index (χ0) is 16.6. The van der Waals surface area contributed by atoms with E-state index in [1.54, 1.807) is 24.5 Å². The van der Waals surface area contributed by atoms with Gasteiger partial charge in [0.05, 0.1) is 0 Å². The maximum absolute atomic E-state index is 11.9. The highest BCUT2D eigenvalue weighted by Gasteiger charge is 2.10. The van der Waals surface area contributed by atoms with Crippen molar-refractivity contribution in [3.8, 4) is 0 Å². The van der Waals surface area contributed by atoms with Crippen LogP contribution in [0.2, 0.25) is 0 Å². The first-order chi connectivity index (χ1) is 11.8. The van der Waals surface area contributed by atoms with Crippen LogP contribution in [-0.2, 0) is 24.1 Å². The Morgan fingerprint density at radius 3 is 2.79 bits per heavy atom. The Morgan fingerprint density at radius 1 is 1.08 bits per heavy atom. The van der Waals surface area contributed by atoms with Gasteiger partial charge in [0.25, 0.3) is 0 Å². The summed E-state index contributed by atoms with van der Waals surface area (Å²) in [7, 11) is 0. The molecule has 2 aromatic heterocycles. The first-order valence-corrected chi connectivity index (χ1v) is 8.75. The van der Waals surface area contributed by atoms with Crippen LogP contribution in [0.4, 0.5) is 0 Å². The lowest BCUT2D eigenvalue weighted by Crippen LogP contribution is -2.07. The van der Waals surface area contributed by atoms with Crippen molar-refractivity contribution in [1.29, 1.82) is 0 Å². The molecule has 0 spiro atoms. The zero-order valence-corrected chi connectivity index (χ0v) is 13.9. The van der Waals surface area contributed by atoms with E-state index in [9.17, 15) is 4.79 Å². The number of fused-ring (bicyclic) bond motifs is 1. The van der Waals surface area contributed by atoms with Gasteiger partial charge >= 0.3 is 0 Å². The Morgan fingerprint density at radius 2 is 1.92 bits per heavy atom. The summed E-state index contributed by atoms with van der Waals surface area (Å²) in [5, 5.41) is 0. The van der Waals surface area contributed by atoms with Gasteiger partial charge in [-0.1, -0.05) is 6.07 Å². The summed E-state index contributed by atoms with van der Waals surface area (Å²) in [6, 6.07) is 4.40. The highest BCUT2D eigenvalue weighted by Crippen LogP contribution is 2.20. The van der Waals surface area contributed by atoms with Crippen LogP contribution < -0.4 is 0 Å². The lowest BCUT2D eigenvalue weighted by atomic mass is 9.95. The molecule has 2 heterocycles. The third-order valence-corrected chi connectivity index (χ3v) is 4.38. The molecule has 1 aliphatic carbocycles. The van der Waals surface area contributed by atoms with E-state index in [1.165, 1.54) is 42.5 Å². The monoisotopic (exact) mass is 321 g/mol. The fourth-order valence-electron chi connectivity index (χ4n) is 3.04. The lowest BCUT2D eigenvalue weighted by molar-refractivity contribution is -0.114. The number of aromatic nitrogens is 3. The van der Waals surface area contributed by atoms with Crippen molar-refractivity contribution in [3.63, 3.8) is 0 Å². The number of hydrogen-bond donors (Lipinski definition) is 0. The van der Waals surface area contributed by atoms with Gasteiger partial charge in [0.2, 0.25) is 0 Å². The summed E-state index contributed by atoms with van der Waals surface area (Å²) < 4.78 is 0. The largest absolute Gasteiger partial charge is 0.295 e. The van der Waals surface area contributed by atoms with Gasteiger partial charge in [-0.05, 0) is 68.7 Å². The van der Waals surface area contributed by atoms with Gasteiger partial charge in [0.15, 0.2) is 5.78 Å². The van der Waals surface area contributed by atoms with Crippen molar-refractivity contribution in [2.75, 3.05) is 0 Å². The van der Waals surface area contributed by atoms with Crippen molar-refractivity contribution in [3.05, 3.63) is 59.4 Å². The molecule has 0 aliphatic heterocycles. The Labute approximate surface area is 143 Å². The molecule has 0 saturated carbocycles. The number of carbonyl (C=O) groups excluding carboxylic acids is 1. The second-order valence-corrected chi connectivity index (χ2v) is 6.29. The van der Waals surface area contributed by atoms with Crippen LogP contribution in [-0.4, -0.2) is 20.7 Å². The molecule has 4 heteroatoms. The number of carbonyl (C=O) groups is 1. The van der Waals surface area contributed by atoms with Crippen molar-refractivity contribution < 1.29 is 4.79 Å². The Kier molecular flexibility index (Phi) is 5.83. The zero-order valence-electron chi connectivity index (χ0n) is 13.9. The van der Waals surface area contributed by atoms with E-state index in [2.05, 4.69) is 22.1 Å². The third-order valence-electron chi connectivity index (χ3n) is 4.38. The highest BCUT2D eigenvalue weighted by atomic mass is 16.1. The van der Waals surface area contributed by atoms with E-state index in [4.69, 9.17) is 4.98 Å². The molecular formula is C20H23N3O. The van der Waals surface area contributed by atoms with Crippen LogP contribution >= 0.6 is 0 Å². The Hall–Kier alpha value is -2.36. The smallest absolute Gasteiger partial charge is 0.155 e. The van der Waals surface area contributed by atoms with E-state index < -0.39 is 0 Å². The molecule has 124 valence electrons. The average molecular weight is 321 g/mol. The Balaban J connectivity index is 1.40. The van der Waals surface area contributed by atoms with Gasteiger partial charge in [0.1, 0.15) is 6.33 Å². The average Bonchev–Trinajstić information content (AvgIpc) is 2.64. The fourth-order valence-corrected chi connectivity index (χ4v) is 3.04. The molecule has 1 aliphatic rings. The number of hydrogen-bond acceptors (Lipinski definition) is 4. The predicted molar refractivity (Wildman–Crippen MR) is 94.5 cm³/mol. The van der Waals surface area contributed by atoms with Crippen LogP contribution in [0.1, 0.15) is 54.6 Å². The minimum atomic E-state index is 0.150. The number of pyridine rings is 1. The van der Waals surface area contributed by atoms with E-state index in [0.717, 1.165) is 31.2 Å². The minimum absolute atomic E-state index is 0.150. The summed E-state index contributed by atoms with van der Waals surface area (Å²) in [6.45, 7) is 0. The summed E-state index contributed by atoms with van der Waals surface area (Å²) >= 11 is 0. The van der Waals surface area contributed by atoms with Gasteiger partial charge in [-0.3, -0.25) is 9.78 Å². The summed E-state index contributed by atoms with van der Waals surface area (Å²) in [6.07, 6.45) is 16.5. The maximum Gasteiger partial charge on any atom is 0.155 e. The van der Waals surface area contributed by atoms with Crippen molar-refractivity contribution in [2.24, 2.45) is 0 Å². The topological polar surface area (TPSA) is 55.7 Å². The molecule has 4 nitrogen and oxygen atoms in total. The standard InChI is InChI=1S/C20H23N3O/c24-19(12-9-16-13-21-15-22-14-16)7-3-2-6-18-11-10-17-5-1-4-8-20(17)23-18/h9-15H,1-8H2/b12-9+. The molecule has 2 aromatic rings. The third kappa shape index (κ3) is 4.82. The number of nitrogens with zero attached hydrogens (tertiary/aromatic N) is 3. The molecule has 0 saturated heterocycles. The van der Waals surface area contributed by atoms with Crippen molar-refractivity contribution >= 4 is 11.9 Å². The van der Waals surface area contributed by atoms with E-state index in [1.807, 2.05) is 0 Å². The maximum atomic E-state index is 11.9. The molecular weight excluding hydrogens is 298 g/mol. The van der Waals surface area contributed by atoms with Gasteiger partial charge in [0, 0.05) is 35.8 Å². The highest BCUT2D eigenvalue weighted by molar-refractivity contribution is 5.93. The number of ketones is 1. The predicted octanol–water partition coefficient (Wildman–Crippen LogP) is 3.75. The molecule has 0 radical (unpaired) electrons. The number of unbranched alkanes of at least 4 members (excludes halogenated alkanes) is 1. The molecule has 0 N–H and O–H groups in total. The van der Waals surface area contributed by atoms with Crippen molar-refractivity contribution in [1.82, 2.24) is 15.0 Å². The fraction of sp³-hybridized carbons (Fsp3) is 0.400.